The summed E-state index contributed by atoms with van der Waals surface area (Å²) in [5.74, 6) is 0.200. The van der Waals surface area contributed by atoms with Crippen molar-refractivity contribution in [3.8, 4) is 0 Å². The highest BCUT2D eigenvalue weighted by Gasteiger charge is 2.26. The number of morpholine rings is 1. The van der Waals surface area contributed by atoms with E-state index in [0.717, 1.165) is 45.9 Å². The quantitative estimate of drug-likeness (QED) is 0.730. The maximum atomic E-state index is 12.3. The van der Waals surface area contributed by atoms with Crippen molar-refractivity contribution in [1.82, 2.24) is 19.6 Å². The molecule has 0 N–H and O–H groups in total. The van der Waals surface area contributed by atoms with Gasteiger partial charge in [0.25, 0.3) is 0 Å². The second-order valence-electron chi connectivity index (χ2n) is 6.03. The van der Waals surface area contributed by atoms with Crippen LogP contribution in [0.5, 0.6) is 0 Å². The van der Waals surface area contributed by atoms with Crippen LogP contribution in [0.4, 0.5) is 4.79 Å². The first-order valence-corrected chi connectivity index (χ1v) is 8.77. The molecule has 2 rings (SSSR count). The molecule has 7 heteroatoms. The molecule has 0 radical (unpaired) electrons. The van der Waals surface area contributed by atoms with E-state index in [1.165, 1.54) is 0 Å². The molecule has 2 heterocycles. The molecule has 0 aliphatic carbocycles. The number of nitrogens with zero attached hydrogens (tertiary/aromatic N) is 4. The van der Waals surface area contributed by atoms with Crippen LogP contribution in [0.3, 0.4) is 0 Å². The average molecular weight is 326 g/mol. The molecule has 2 fully saturated rings. The molecule has 0 saturated carbocycles. The normalized spacial score (nSPS) is 19.7. The maximum Gasteiger partial charge on any atom is 0.320 e. The van der Waals surface area contributed by atoms with Crippen molar-refractivity contribution >= 4 is 11.9 Å². The van der Waals surface area contributed by atoms with Gasteiger partial charge in [0.1, 0.15) is 0 Å². The molecule has 3 amide bonds. The molecule has 0 bridgehead atoms. The minimum absolute atomic E-state index is 0.0930. The van der Waals surface area contributed by atoms with Crippen LogP contribution in [-0.2, 0) is 9.53 Å². The number of amides is 3. The molecule has 0 unspecified atom stereocenters. The third kappa shape index (κ3) is 5.07. The number of carbonyl (C=O) groups excluding carboxylic acids is 2. The van der Waals surface area contributed by atoms with Crippen LogP contribution >= 0.6 is 0 Å². The molecule has 0 aromatic heterocycles. The lowest BCUT2D eigenvalue weighted by Gasteiger charge is -2.37. The van der Waals surface area contributed by atoms with Crippen molar-refractivity contribution < 1.29 is 14.3 Å². The van der Waals surface area contributed by atoms with Gasteiger partial charge in [-0.1, -0.05) is 0 Å². The van der Waals surface area contributed by atoms with Crippen molar-refractivity contribution in [2.45, 2.75) is 20.3 Å². The third-order valence-corrected chi connectivity index (χ3v) is 4.68. The van der Waals surface area contributed by atoms with E-state index >= 15 is 0 Å². The first-order chi connectivity index (χ1) is 11.2. The van der Waals surface area contributed by atoms with Crippen LogP contribution in [0, 0.1) is 0 Å². The Hall–Kier alpha value is -1.34. The lowest BCUT2D eigenvalue weighted by Crippen LogP contribution is -2.54. The zero-order valence-electron chi connectivity index (χ0n) is 14.5. The van der Waals surface area contributed by atoms with Gasteiger partial charge in [-0.05, 0) is 13.8 Å². The lowest BCUT2D eigenvalue weighted by atomic mass is 10.2. The first kappa shape index (κ1) is 18.0. The van der Waals surface area contributed by atoms with Gasteiger partial charge in [0.05, 0.1) is 13.2 Å². The predicted molar refractivity (Wildman–Crippen MR) is 88.3 cm³/mol. The van der Waals surface area contributed by atoms with Crippen LogP contribution in [0.1, 0.15) is 20.3 Å². The van der Waals surface area contributed by atoms with E-state index in [1.54, 1.807) is 0 Å². The first-order valence-electron chi connectivity index (χ1n) is 8.77. The highest BCUT2D eigenvalue weighted by Crippen LogP contribution is 2.08. The Bertz CT molecular complexity index is 387. The fraction of sp³-hybridized carbons (Fsp3) is 0.875. The number of hydrogen-bond donors (Lipinski definition) is 0. The summed E-state index contributed by atoms with van der Waals surface area (Å²) < 4.78 is 5.32. The number of carbonyl (C=O) groups is 2. The second kappa shape index (κ2) is 9.08. The van der Waals surface area contributed by atoms with Gasteiger partial charge in [-0.3, -0.25) is 9.69 Å². The molecular weight excluding hydrogens is 296 g/mol. The molecule has 2 aliphatic heterocycles. The molecule has 2 saturated heterocycles. The molecule has 0 aromatic carbocycles. The Kier molecular flexibility index (Phi) is 7.11. The topological polar surface area (TPSA) is 56.3 Å². The minimum atomic E-state index is 0.0930. The van der Waals surface area contributed by atoms with E-state index < -0.39 is 0 Å². The van der Waals surface area contributed by atoms with Crippen molar-refractivity contribution in [2.24, 2.45) is 0 Å². The average Bonchev–Trinajstić information content (AvgIpc) is 2.61. The monoisotopic (exact) mass is 326 g/mol. The Balaban J connectivity index is 1.70. The molecule has 2 aliphatic rings. The molecular formula is C16H30N4O3. The van der Waals surface area contributed by atoms with Gasteiger partial charge in [0.15, 0.2) is 0 Å². The molecule has 0 aromatic rings. The zero-order valence-corrected chi connectivity index (χ0v) is 14.5. The van der Waals surface area contributed by atoms with Gasteiger partial charge in [-0.15, -0.1) is 0 Å². The van der Waals surface area contributed by atoms with Crippen LogP contribution in [0.15, 0.2) is 0 Å². The molecule has 0 atom stereocenters. The van der Waals surface area contributed by atoms with Crippen molar-refractivity contribution in [3.63, 3.8) is 0 Å². The van der Waals surface area contributed by atoms with E-state index in [-0.39, 0.29) is 11.9 Å². The number of urea groups is 1. The summed E-state index contributed by atoms with van der Waals surface area (Å²) in [5, 5.41) is 0. The van der Waals surface area contributed by atoms with E-state index in [0.29, 0.717) is 32.6 Å². The Morgan fingerprint density at radius 1 is 0.913 bits per heavy atom. The standard InChI is InChI=1S/C16H30N4O3/c1-3-18(4-2)16(22)20-9-7-19(8-10-20)15(21)5-6-17-11-13-23-14-12-17/h3-14H2,1-2H3. The summed E-state index contributed by atoms with van der Waals surface area (Å²) >= 11 is 0. The summed E-state index contributed by atoms with van der Waals surface area (Å²) in [6, 6.07) is 0.0930. The van der Waals surface area contributed by atoms with Crippen LogP contribution < -0.4 is 0 Å². The fourth-order valence-corrected chi connectivity index (χ4v) is 3.08. The van der Waals surface area contributed by atoms with Gasteiger partial charge >= 0.3 is 6.03 Å². The predicted octanol–water partition coefficient (Wildman–Crippen LogP) is 0.315. The van der Waals surface area contributed by atoms with Crippen molar-refractivity contribution in [3.05, 3.63) is 0 Å². The van der Waals surface area contributed by atoms with Gasteiger partial charge in [-0.2, -0.15) is 0 Å². The summed E-state index contributed by atoms with van der Waals surface area (Å²) in [5.41, 5.74) is 0. The van der Waals surface area contributed by atoms with Gasteiger partial charge in [0.2, 0.25) is 5.91 Å². The van der Waals surface area contributed by atoms with Gasteiger partial charge < -0.3 is 19.4 Å². The Morgan fingerprint density at radius 3 is 2.04 bits per heavy atom. The molecule has 132 valence electrons. The Morgan fingerprint density at radius 2 is 1.48 bits per heavy atom. The summed E-state index contributed by atoms with van der Waals surface area (Å²) in [6.45, 7) is 12.2. The van der Waals surface area contributed by atoms with Gasteiger partial charge in [-0.25, -0.2) is 4.79 Å². The third-order valence-electron chi connectivity index (χ3n) is 4.68. The number of ether oxygens (including phenoxy) is 1. The highest BCUT2D eigenvalue weighted by atomic mass is 16.5. The molecule has 0 spiro atoms. The number of rotatable bonds is 5. The zero-order chi connectivity index (χ0) is 16.7. The molecule has 23 heavy (non-hydrogen) atoms. The number of piperazine rings is 1. The Labute approximate surface area is 139 Å². The largest absolute Gasteiger partial charge is 0.379 e. The van der Waals surface area contributed by atoms with Gasteiger partial charge in [0, 0.05) is 65.3 Å². The molecule has 7 nitrogen and oxygen atoms in total. The van der Waals surface area contributed by atoms with E-state index in [9.17, 15) is 9.59 Å². The summed E-state index contributed by atoms with van der Waals surface area (Å²) in [4.78, 5) is 32.5. The smallest absolute Gasteiger partial charge is 0.320 e. The fourth-order valence-electron chi connectivity index (χ4n) is 3.08. The van der Waals surface area contributed by atoms with E-state index in [4.69, 9.17) is 4.74 Å². The highest BCUT2D eigenvalue weighted by molar-refractivity contribution is 5.78. The van der Waals surface area contributed by atoms with Crippen molar-refractivity contribution in [1.29, 1.82) is 0 Å². The second-order valence-corrected chi connectivity index (χ2v) is 6.03. The van der Waals surface area contributed by atoms with E-state index in [2.05, 4.69) is 4.90 Å². The lowest BCUT2D eigenvalue weighted by molar-refractivity contribution is -0.133. The summed E-state index contributed by atoms with van der Waals surface area (Å²) in [7, 11) is 0. The van der Waals surface area contributed by atoms with Crippen molar-refractivity contribution in [2.75, 3.05) is 72.1 Å². The minimum Gasteiger partial charge on any atom is -0.379 e. The van der Waals surface area contributed by atoms with Crippen LogP contribution in [-0.4, -0.2) is 104 Å². The SMILES string of the molecule is CCN(CC)C(=O)N1CCN(C(=O)CCN2CCOCC2)CC1. The summed E-state index contributed by atoms with van der Waals surface area (Å²) in [6.07, 6.45) is 0.560. The van der Waals surface area contributed by atoms with Crippen LogP contribution in [0.25, 0.3) is 0 Å². The van der Waals surface area contributed by atoms with Crippen LogP contribution in [0.2, 0.25) is 0 Å². The number of hydrogen-bond acceptors (Lipinski definition) is 4. The maximum absolute atomic E-state index is 12.3. The van der Waals surface area contributed by atoms with E-state index in [1.807, 2.05) is 28.5 Å².